The molecule has 0 bridgehead atoms. The van der Waals surface area contributed by atoms with Crippen LogP contribution in [0.25, 0.3) is 0 Å². The third-order valence-corrected chi connectivity index (χ3v) is 4.86. The van der Waals surface area contributed by atoms with Crippen molar-refractivity contribution < 1.29 is 17.9 Å². The van der Waals surface area contributed by atoms with Gasteiger partial charge in [0.1, 0.15) is 5.75 Å². The van der Waals surface area contributed by atoms with Crippen LogP contribution < -0.4 is 15.2 Å². The highest BCUT2D eigenvalue weighted by atomic mass is 35.5. The molecule has 0 saturated carbocycles. The van der Waals surface area contributed by atoms with E-state index < -0.39 is 22.0 Å². The SMILES string of the molecule is Cc1cc(Cl)ccc1OC(C)C(=O)Nc1ccc(C)c(S(N)(=O)=O)c1. The van der Waals surface area contributed by atoms with Crippen LogP contribution in [0, 0.1) is 13.8 Å². The van der Waals surface area contributed by atoms with Crippen LogP contribution in [0.15, 0.2) is 41.3 Å². The smallest absolute Gasteiger partial charge is 0.265 e. The predicted molar refractivity (Wildman–Crippen MR) is 97.5 cm³/mol. The fourth-order valence-electron chi connectivity index (χ4n) is 2.22. The summed E-state index contributed by atoms with van der Waals surface area (Å²) in [7, 11) is -3.87. The third kappa shape index (κ3) is 4.94. The molecular weight excluding hydrogens is 364 g/mol. The van der Waals surface area contributed by atoms with E-state index in [9.17, 15) is 13.2 Å². The van der Waals surface area contributed by atoms with Gasteiger partial charge in [0.15, 0.2) is 6.10 Å². The number of rotatable bonds is 5. The quantitative estimate of drug-likeness (QED) is 0.830. The number of amides is 1. The number of sulfonamides is 1. The van der Waals surface area contributed by atoms with Crippen molar-refractivity contribution in [2.24, 2.45) is 5.14 Å². The summed E-state index contributed by atoms with van der Waals surface area (Å²) in [6.45, 7) is 5.04. The molecule has 2 rings (SSSR count). The van der Waals surface area contributed by atoms with E-state index in [4.69, 9.17) is 21.5 Å². The van der Waals surface area contributed by atoms with Crippen molar-refractivity contribution in [2.75, 3.05) is 5.32 Å². The summed E-state index contributed by atoms with van der Waals surface area (Å²) < 4.78 is 28.8. The number of halogens is 1. The van der Waals surface area contributed by atoms with Crippen LogP contribution in [-0.4, -0.2) is 20.4 Å². The van der Waals surface area contributed by atoms with E-state index in [0.29, 0.717) is 22.0 Å². The number of anilines is 1. The Morgan fingerprint density at radius 3 is 2.44 bits per heavy atom. The number of aryl methyl sites for hydroxylation is 2. The molecule has 0 aliphatic carbocycles. The first-order valence-electron chi connectivity index (χ1n) is 7.45. The molecule has 25 heavy (non-hydrogen) atoms. The van der Waals surface area contributed by atoms with Crippen LogP contribution in [0.1, 0.15) is 18.1 Å². The molecule has 0 aliphatic rings. The van der Waals surface area contributed by atoms with Gasteiger partial charge in [-0.25, -0.2) is 13.6 Å². The molecule has 1 unspecified atom stereocenters. The Hall–Kier alpha value is -2.09. The van der Waals surface area contributed by atoms with Crippen LogP contribution >= 0.6 is 11.6 Å². The van der Waals surface area contributed by atoms with Gasteiger partial charge in [-0.1, -0.05) is 17.7 Å². The lowest BCUT2D eigenvalue weighted by Gasteiger charge is -2.17. The number of ether oxygens (including phenoxy) is 1. The summed E-state index contributed by atoms with van der Waals surface area (Å²) >= 11 is 5.89. The van der Waals surface area contributed by atoms with E-state index in [-0.39, 0.29) is 4.90 Å². The van der Waals surface area contributed by atoms with Gasteiger partial charge in [0.2, 0.25) is 10.0 Å². The van der Waals surface area contributed by atoms with Crippen molar-refractivity contribution in [1.29, 1.82) is 0 Å². The van der Waals surface area contributed by atoms with Crippen molar-refractivity contribution in [1.82, 2.24) is 0 Å². The Labute approximate surface area is 152 Å². The minimum atomic E-state index is -3.87. The largest absolute Gasteiger partial charge is 0.481 e. The molecule has 0 spiro atoms. The summed E-state index contributed by atoms with van der Waals surface area (Å²) in [5.74, 6) is 0.125. The van der Waals surface area contributed by atoms with Gasteiger partial charge in [-0.2, -0.15) is 0 Å². The van der Waals surface area contributed by atoms with Crippen molar-refractivity contribution in [3.63, 3.8) is 0 Å². The molecule has 3 N–H and O–H groups in total. The number of carbonyl (C=O) groups is 1. The number of nitrogens with one attached hydrogen (secondary N) is 1. The Morgan fingerprint density at radius 2 is 1.84 bits per heavy atom. The first-order valence-corrected chi connectivity index (χ1v) is 9.37. The van der Waals surface area contributed by atoms with Crippen molar-refractivity contribution in [3.05, 3.63) is 52.5 Å². The molecule has 0 saturated heterocycles. The Balaban J connectivity index is 2.14. The lowest BCUT2D eigenvalue weighted by Crippen LogP contribution is -2.30. The van der Waals surface area contributed by atoms with Gasteiger partial charge in [-0.3, -0.25) is 4.79 Å². The summed E-state index contributed by atoms with van der Waals surface area (Å²) in [5.41, 5.74) is 1.63. The van der Waals surface area contributed by atoms with Gasteiger partial charge < -0.3 is 10.1 Å². The van der Waals surface area contributed by atoms with Gasteiger partial charge in [0, 0.05) is 10.7 Å². The fourth-order valence-corrected chi connectivity index (χ4v) is 3.25. The Kier molecular flexibility index (Phi) is 5.72. The van der Waals surface area contributed by atoms with Gasteiger partial charge in [-0.15, -0.1) is 0 Å². The van der Waals surface area contributed by atoms with E-state index in [2.05, 4.69) is 5.32 Å². The second kappa shape index (κ2) is 7.43. The third-order valence-electron chi connectivity index (χ3n) is 3.57. The maximum Gasteiger partial charge on any atom is 0.265 e. The Bertz CT molecular complexity index is 913. The van der Waals surface area contributed by atoms with Crippen LogP contribution in [0.2, 0.25) is 5.02 Å². The first-order chi connectivity index (χ1) is 11.6. The highest BCUT2D eigenvalue weighted by Gasteiger charge is 2.18. The molecule has 0 fully saturated rings. The van der Waals surface area contributed by atoms with E-state index in [1.54, 1.807) is 44.2 Å². The normalized spacial score (nSPS) is 12.5. The second-order valence-corrected chi connectivity index (χ2v) is 7.65. The zero-order valence-electron chi connectivity index (χ0n) is 14.0. The van der Waals surface area contributed by atoms with Crippen LogP contribution in [0.5, 0.6) is 5.75 Å². The van der Waals surface area contributed by atoms with Crippen molar-refractivity contribution in [3.8, 4) is 5.75 Å². The first kappa shape index (κ1) is 19.2. The van der Waals surface area contributed by atoms with E-state index in [1.807, 2.05) is 6.92 Å². The molecular formula is C17H19ClN2O4S. The minimum Gasteiger partial charge on any atom is -0.481 e. The van der Waals surface area contributed by atoms with Crippen molar-refractivity contribution in [2.45, 2.75) is 31.8 Å². The number of carbonyl (C=O) groups excluding carboxylic acids is 1. The molecule has 1 atom stereocenters. The molecule has 6 nitrogen and oxygen atoms in total. The maximum atomic E-state index is 12.3. The fraction of sp³-hybridized carbons (Fsp3) is 0.235. The molecule has 0 radical (unpaired) electrons. The molecule has 0 heterocycles. The van der Waals surface area contributed by atoms with Crippen molar-refractivity contribution >= 4 is 33.2 Å². The molecule has 0 aliphatic heterocycles. The molecule has 2 aromatic carbocycles. The lowest BCUT2D eigenvalue weighted by atomic mass is 10.2. The zero-order valence-corrected chi connectivity index (χ0v) is 15.6. The van der Waals surface area contributed by atoms with Gasteiger partial charge >= 0.3 is 0 Å². The Morgan fingerprint density at radius 1 is 1.16 bits per heavy atom. The van der Waals surface area contributed by atoms with Gasteiger partial charge in [0.05, 0.1) is 4.90 Å². The van der Waals surface area contributed by atoms with E-state index in [0.717, 1.165) is 5.56 Å². The number of primary sulfonamides is 1. The predicted octanol–water partition coefficient (Wildman–Crippen LogP) is 3.01. The zero-order chi connectivity index (χ0) is 18.8. The lowest BCUT2D eigenvalue weighted by molar-refractivity contribution is -0.122. The average Bonchev–Trinajstić information content (AvgIpc) is 2.50. The monoisotopic (exact) mass is 382 g/mol. The summed E-state index contributed by atoms with van der Waals surface area (Å²) in [6, 6.07) is 9.59. The summed E-state index contributed by atoms with van der Waals surface area (Å²) in [6.07, 6.45) is -0.792. The number of nitrogens with two attached hydrogens (primary N) is 1. The summed E-state index contributed by atoms with van der Waals surface area (Å²) in [5, 5.41) is 8.38. The topological polar surface area (TPSA) is 98.5 Å². The highest BCUT2D eigenvalue weighted by Crippen LogP contribution is 2.23. The highest BCUT2D eigenvalue weighted by molar-refractivity contribution is 7.89. The van der Waals surface area contributed by atoms with Crippen LogP contribution in [-0.2, 0) is 14.8 Å². The minimum absolute atomic E-state index is 0.0348. The molecule has 8 heteroatoms. The number of hydrogen-bond donors (Lipinski definition) is 2. The molecule has 134 valence electrons. The van der Waals surface area contributed by atoms with Crippen LogP contribution in [0.4, 0.5) is 5.69 Å². The molecule has 0 aromatic heterocycles. The summed E-state index contributed by atoms with van der Waals surface area (Å²) in [4.78, 5) is 12.3. The molecule has 2 aromatic rings. The van der Waals surface area contributed by atoms with E-state index >= 15 is 0 Å². The van der Waals surface area contributed by atoms with Gasteiger partial charge in [-0.05, 0) is 62.2 Å². The number of hydrogen-bond acceptors (Lipinski definition) is 4. The average molecular weight is 383 g/mol. The number of benzene rings is 2. The second-order valence-electron chi connectivity index (χ2n) is 5.68. The van der Waals surface area contributed by atoms with Gasteiger partial charge in [0.25, 0.3) is 5.91 Å². The van der Waals surface area contributed by atoms with E-state index in [1.165, 1.54) is 6.07 Å². The molecule has 1 amide bonds. The van der Waals surface area contributed by atoms with Crippen LogP contribution in [0.3, 0.4) is 0 Å². The standard InChI is InChI=1S/C17H19ClN2O4S/c1-10-4-6-14(9-16(10)25(19,22)23)20-17(21)12(3)24-15-7-5-13(18)8-11(15)2/h4-9,12H,1-3H3,(H,20,21)(H2,19,22,23). The maximum absolute atomic E-state index is 12.3.